The van der Waals surface area contributed by atoms with E-state index in [4.69, 9.17) is 23.2 Å². The van der Waals surface area contributed by atoms with E-state index < -0.39 is 11.8 Å². The lowest BCUT2D eigenvalue weighted by atomic mass is 10.2. The Kier molecular flexibility index (Phi) is 4.82. The van der Waals surface area contributed by atoms with Crippen molar-refractivity contribution < 1.29 is 9.18 Å². The summed E-state index contributed by atoms with van der Waals surface area (Å²) in [5, 5.41) is 5.94. The summed E-state index contributed by atoms with van der Waals surface area (Å²) in [5.74, 6) is -0.417. The van der Waals surface area contributed by atoms with Crippen LogP contribution in [-0.2, 0) is 6.54 Å². The van der Waals surface area contributed by atoms with Gasteiger partial charge in [0.25, 0.3) is 0 Å². The molecule has 2 rings (SSSR count). The minimum atomic E-state index is -0.418. The number of para-hydroxylation sites is 1. The van der Waals surface area contributed by atoms with Crippen LogP contribution in [0.25, 0.3) is 0 Å². The predicted octanol–water partition coefficient (Wildman–Crippen LogP) is 4.45. The summed E-state index contributed by atoms with van der Waals surface area (Å²) in [7, 11) is 0. The second kappa shape index (κ2) is 6.59. The fourth-order valence-corrected chi connectivity index (χ4v) is 1.99. The van der Waals surface area contributed by atoms with Gasteiger partial charge in [0, 0.05) is 11.6 Å². The smallest absolute Gasteiger partial charge is 0.319 e. The molecule has 0 heterocycles. The topological polar surface area (TPSA) is 41.1 Å². The van der Waals surface area contributed by atoms with E-state index in [9.17, 15) is 9.18 Å². The van der Waals surface area contributed by atoms with Gasteiger partial charge in [-0.1, -0.05) is 41.4 Å². The zero-order chi connectivity index (χ0) is 14.5. The highest BCUT2D eigenvalue weighted by Gasteiger charge is 2.06. The van der Waals surface area contributed by atoms with Gasteiger partial charge in [-0.15, -0.1) is 0 Å². The molecule has 6 heteroatoms. The van der Waals surface area contributed by atoms with Gasteiger partial charge >= 0.3 is 6.03 Å². The summed E-state index contributed by atoms with van der Waals surface area (Å²) in [5.41, 5.74) is 1.14. The molecular formula is C14H11Cl2FN2O. The predicted molar refractivity (Wildman–Crippen MR) is 78.7 cm³/mol. The standard InChI is InChI=1S/C14H11Cl2FN2O/c15-11-3-1-2-4-13(11)19-14(20)18-8-9-5-6-10(17)7-12(9)16/h1-7H,8H2,(H2,18,19,20). The molecule has 0 spiro atoms. The van der Waals surface area contributed by atoms with Crippen molar-refractivity contribution in [2.45, 2.75) is 6.54 Å². The molecule has 2 aromatic rings. The minimum absolute atomic E-state index is 0.190. The highest BCUT2D eigenvalue weighted by molar-refractivity contribution is 6.33. The van der Waals surface area contributed by atoms with E-state index in [2.05, 4.69) is 10.6 Å². The zero-order valence-electron chi connectivity index (χ0n) is 10.3. The van der Waals surface area contributed by atoms with Crippen molar-refractivity contribution in [3.63, 3.8) is 0 Å². The molecule has 2 amide bonds. The average Bonchev–Trinajstić information content (AvgIpc) is 2.40. The fourth-order valence-electron chi connectivity index (χ4n) is 1.57. The molecule has 0 aliphatic carbocycles. The van der Waals surface area contributed by atoms with Crippen LogP contribution in [0.5, 0.6) is 0 Å². The first-order chi connectivity index (χ1) is 9.56. The number of amides is 2. The van der Waals surface area contributed by atoms with Gasteiger partial charge < -0.3 is 10.6 Å². The van der Waals surface area contributed by atoms with Gasteiger partial charge in [-0.3, -0.25) is 0 Å². The molecule has 0 aliphatic heterocycles. The Hall–Kier alpha value is -1.78. The maximum absolute atomic E-state index is 12.9. The summed E-state index contributed by atoms with van der Waals surface area (Å²) in [6.45, 7) is 0.190. The number of urea groups is 1. The normalized spacial score (nSPS) is 10.2. The number of hydrogen-bond acceptors (Lipinski definition) is 1. The van der Waals surface area contributed by atoms with Crippen molar-refractivity contribution in [2.75, 3.05) is 5.32 Å². The molecule has 0 fully saturated rings. The third kappa shape index (κ3) is 3.85. The first kappa shape index (κ1) is 14.6. The van der Waals surface area contributed by atoms with Gasteiger partial charge in [-0.05, 0) is 29.8 Å². The van der Waals surface area contributed by atoms with Crippen molar-refractivity contribution in [1.82, 2.24) is 5.32 Å². The molecule has 0 radical (unpaired) electrons. The number of hydrogen-bond donors (Lipinski definition) is 2. The van der Waals surface area contributed by atoms with Crippen LogP contribution in [0, 0.1) is 5.82 Å². The second-order valence-electron chi connectivity index (χ2n) is 4.02. The lowest BCUT2D eigenvalue weighted by Gasteiger charge is -2.09. The SMILES string of the molecule is O=C(NCc1ccc(F)cc1Cl)Nc1ccccc1Cl. The minimum Gasteiger partial charge on any atom is -0.334 e. The van der Waals surface area contributed by atoms with E-state index in [1.54, 1.807) is 24.3 Å². The third-order valence-corrected chi connectivity index (χ3v) is 3.26. The molecule has 0 bridgehead atoms. The van der Waals surface area contributed by atoms with Crippen molar-refractivity contribution >= 4 is 34.9 Å². The van der Waals surface area contributed by atoms with Gasteiger partial charge in [0.15, 0.2) is 0 Å². The van der Waals surface area contributed by atoms with Crippen LogP contribution in [0.2, 0.25) is 10.0 Å². The van der Waals surface area contributed by atoms with E-state index in [1.165, 1.54) is 18.2 Å². The first-order valence-electron chi connectivity index (χ1n) is 5.79. The first-order valence-corrected chi connectivity index (χ1v) is 6.55. The van der Waals surface area contributed by atoms with E-state index in [0.717, 1.165) is 0 Å². The van der Waals surface area contributed by atoms with Gasteiger partial charge in [0.1, 0.15) is 5.82 Å². The number of anilines is 1. The van der Waals surface area contributed by atoms with Crippen molar-refractivity contribution in [3.8, 4) is 0 Å². The number of halogens is 3. The highest BCUT2D eigenvalue weighted by atomic mass is 35.5. The Morgan fingerprint density at radius 1 is 1.10 bits per heavy atom. The maximum atomic E-state index is 12.9. The van der Waals surface area contributed by atoms with Crippen molar-refractivity contribution in [3.05, 3.63) is 63.9 Å². The molecule has 0 saturated heterocycles. The van der Waals surface area contributed by atoms with E-state index >= 15 is 0 Å². The van der Waals surface area contributed by atoms with Crippen LogP contribution >= 0.6 is 23.2 Å². The monoisotopic (exact) mass is 312 g/mol. The zero-order valence-corrected chi connectivity index (χ0v) is 11.8. The number of rotatable bonds is 3. The Balaban J connectivity index is 1.94. The molecule has 2 aromatic carbocycles. The number of carbonyl (C=O) groups excluding carboxylic acids is 1. The molecule has 0 aromatic heterocycles. The average molecular weight is 313 g/mol. The molecule has 0 saturated carbocycles. The van der Waals surface area contributed by atoms with Crippen LogP contribution in [0.1, 0.15) is 5.56 Å². The quantitative estimate of drug-likeness (QED) is 0.863. The summed E-state index contributed by atoms with van der Waals surface area (Å²) < 4.78 is 12.9. The molecule has 0 unspecified atom stereocenters. The summed E-state index contributed by atoms with van der Waals surface area (Å²) >= 11 is 11.8. The molecular weight excluding hydrogens is 302 g/mol. The van der Waals surface area contributed by atoms with Gasteiger partial charge in [-0.25, -0.2) is 9.18 Å². The summed E-state index contributed by atoms with van der Waals surface area (Å²) in [4.78, 5) is 11.7. The molecule has 104 valence electrons. The largest absolute Gasteiger partial charge is 0.334 e. The Morgan fingerprint density at radius 2 is 1.85 bits per heavy atom. The van der Waals surface area contributed by atoms with E-state index in [0.29, 0.717) is 16.3 Å². The molecule has 20 heavy (non-hydrogen) atoms. The Bertz CT molecular complexity index is 634. The maximum Gasteiger partial charge on any atom is 0.319 e. The van der Waals surface area contributed by atoms with E-state index in [-0.39, 0.29) is 11.6 Å². The van der Waals surface area contributed by atoms with Crippen LogP contribution in [-0.4, -0.2) is 6.03 Å². The third-order valence-electron chi connectivity index (χ3n) is 2.58. The highest BCUT2D eigenvalue weighted by Crippen LogP contribution is 2.20. The van der Waals surface area contributed by atoms with E-state index in [1.807, 2.05) is 0 Å². The number of carbonyl (C=O) groups is 1. The van der Waals surface area contributed by atoms with Gasteiger partial charge in [0.05, 0.1) is 10.7 Å². The fraction of sp³-hybridized carbons (Fsp3) is 0.0714. The van der Waals surface area contributed by atoms with Crippen LogP contribution in [0.3, 0.4) is 0 Å². The lowest BCUT2D eigenvalue weighted by molar-refractivity contribution is 0.251. The number of benzene rings is 2. The summed E-state index contributed by atoms with van der Waals surface area (Å²) in [6, 6.07) is 10.5. The van der Waals surface area contributed by atoms with Crippen LogP contribution in [0.4, 0.5) is 14.9 Å². The number of nitrogens with one attached hydrogen (secondary N) is 2. The Morgan fingerprint density at radius 3 is 2.55 bits per heavy atom. The van der Waals surface area contributed by atoms with Crippen LogP contribution < -0.4 is 10.6 Å². The lowest BCUT2D eigenvalue weighted by Crippen LogP contribution is -2.28. The molecule has 0 aliphatic rings. The van der Waals surface area contributed by atoms with Crippen LogP contribution in [0.15, 0.2) is 42.5 Å². The molecule has 2 N–H and O–H groups in total. The second-order valence-corrected chi connectivity index (χ2v) is 4.84. The van der Waals surface area contributed by atoms with Crippen molar-refractivity contribution in [1.29, 1.82) is 0 Å². The molecule has 0 atom stereocenters. The molecule has 3 nitrogen and oxygen atoms in total. The Labute approximate surface area is 125 Å². The van der Waals surface area contributed by atoms with Gasteiger partial charge in [-0.2, -0.15) is 0 Å². The summed E-state index contributed by atoms with van der Waals surface area (Å²) in [6.07, 6.45) is 0. The van der Waals surface area contributed by atoms with Gasteiger partial charge in [0.2, 0.25) is 0 Å². The van der Waals surface area contributed by atoms with Crippen molar-refractivity contribution in [2.24, 2.45) is 0 Å².